The summed E-state index contributed by atoms with van der Waals surface area (Å²) in [5.41, 5.74) is 2.00. The molecule has 130 valence electrons. The SMILES string of the molecule is CC(=O)N1CC(C(=O)Nc2cccc3cccnc23)Oc2ccccc21. The highest BCUT2D eigenvalue weighted by Crippen LogP contribution is 2.33. The molecule has 0 fully saturated rings. The molecule has 0 radical (unpaired) electrons. The number of benzene rings is 2. The number of rotatable bonds is 2. The molecule has 3 aromatic rings. The molecule has 6 nitrogen and oxygen atoms in total. The molecule has 2 amide bonds. The van der Waals surface area contributed by atoms with Crippen molar-refractivity contribution in [3.63, 3.8) is 0 Å². The van der Waals surface area contributed by atoms with E-state index in [0.29, 0.717) is 22.6 Å². The van der Waals surface area contributed by atoms with Gasteiger partial charge in [0.15, 0.2) is 6.10 Å². The normalized spacial score (nSPS) is 15.9. The van der Waals surface area contributed by atoms with Gasteiger partial charge in [0.05, 0.1) is 23.4 Å². The molecule has 26 heavy (non-hydrogen) atoms. The van der Waals surface area contributed by atoms with E-state index in [1.807, 2.05) is 36.4 Å². The van der Waals surface area contributed by atoms with Gasteiger partial charge in [-0.3, -0.25) is 14.6 Å². The van der Waals surface area contributed by atoms with Gasteiger partial charge in [-0.25, -0.2) is 0 Å². The molecule has 1 aliphatic heterocycles. The van der Waals surface area contributed by atoms with E-state index in [1.54, 1.807) is 29.3 Å². The largest absolute Gasteiger partial charge is 0.476 e. The highest BCUT2D eigenvalue weighted by atomic mass is 16.5. The predicted octanol–water partition coefficient (Wildman–Crippen LogP) is 2.99. The number of ether oxygens (including phenoxy) is 1. The third kappa shape index (κ3) is 2.86. The predicted molar refractivity (Wildman–Crippen MR) is 99.3 cm³/mol. The van der Waals surface area contributed by atoms with Crippen molar-refractivity contribution in [3.05, 3.63) is 60.8 Å². The van der Waals surface area contributed by atoms with Crippen molar-refractivity contribution in [1.29, 1.82) is 0 Å². The van der Waals surface area contributed by atoms with Crippen molar-refractivity contribution < 1.29 is 14.3 Å². The number of hydrogen-bond donors (Lipinski definition) is 1. The summed E-state index contributed by atoms with van der Waals surface area (Å²) in [4.78, 5) is 30.7. The molecule has 0 saturated carbocycles. The number of fused-ring (bicyclic) bond motifs is 2. The topological polar surface area (TPSA) is 71.5 Å². The number of carbonyl (C=O) groups excluding carboxylic acids is 2. The van der Waals surface area contributed by atoms with E-state index in [1.165, 1.54) is 6.92 Å². The van der Waals surface area contributed by atoms with Gasteiger partial charge in [-0.05, 0) is 24.3 Å². The quantitative estimate of drug-likeness (QED) is 0.774. The molecule has 2 heterocycles. The van der Waals surface area contributed by atoms with Crippen molar-refractivity contribution >= 4 is 34.1 Å². The van der Waals surface area contributed by atoms with Gasteiger partial charge in [0.2, 0.25) is 5.91 Å². The molecule has 4 rings (SSSR count). The first kappa shape index (κ1) is 16.1. The maximum atomic E-state index is 12.8. The van der Waals surface area contributed by atoms with E-state index in [4.69, 9.17) is 4.74 Å². The van der Waals surface area contributed by atoms with Crippen molar-refractivity contribution in [3.8, 4) is 5.75 Å². The van der Waals surface area contributed by atoms with E-state index < -0.39 is 6.10 Å². The maximum absolute atomic E-state index is 12.8. The van der Waals surface area contributed by atoms with Crippen LogP contribution in [-0.2, 0) is 9.59 Å². The zero-order chi connectivity index (χ0) is 18.1. The Hall–Kier alpha value is -3.41. The number of amides is 2. The summed E-state index contributed by atoms with van der Waals surface area (Å²) in [5, 5.41) is 3.82. The fraction of sp³-hybridized carbons (Fsp3) is 0.150. The maximum Gasteiger partial charge on any atom is 0.267 e. The van der Waals surface area contributed by atoms with Crippen molar-refractivity contribution in [2.45, 2.75) is 13.0 Å². The Bertz CT molecular complexity index is 997. The average molecular weight is 347 g/mol. The smallest absolute Gasteiger partial charge is 0.267 e. The second-order valence-corrected chi connectivity index (χ2v) is 6.07. The number of para-hydroxylation sites is 3. The van der Waals surface area contributed by atoms with Gasteiger partial charge in [0.1, 0.15) is 5.75 Å². The van der Waals surface area contributed by atoms with Crippen LogP contribution in [0.5, 0.6) is 5.75 Å². The van der Waals surface area contributed by atoms with Crippen LogP contribution in [0.4, 0.5) is 11.4 Å². The van der Waals surface area contributed by atoms with Crippen LogP contribution >= 0.6 is 0 Å². The van der Waals surface area contributed by atoms with Crippen molar-refractivity contribution in [2.24, 2.45) is 0 Å². The molecule has 0 saturated heterocycles. The molecule has 1 aliphatic rings. The first-order valence-corrected chi connectivity index (χ1v) is 8.32. The minimum atomic E-state index is -0.798. The minimum Gasteiger partial charge on any atom is -0.476 e. The molecule has 0 bridgehead atoms. The Morgan fingerprint density at radius 2 is 1.92 bits per heavy atom. The number of hydrogen-bond acceptors (Lipinski definition) is 4. The van der Waals surface area contributed by atoms with E-state index >= 15 is 0 Å². The molecule has 1 unspecified atom stereocenters. The number of nitrogens with zero attached hydrogens (tertiary/aromatic N) is 2. The molecular formula is C20H17N3O3. The third-order valence-corrected chi connectivity index (χ3v) is 4.34. The van der Waals surface area contributed by atoms with Crippen LogP contribution in [0.3, 0.4) is 0 Å². The highest BCUT2D eigenvalue weighted by Gasteiger charge is 2.32. The Kier molecular flexibility index (Phi) is 4.01. The fourth-order valence-corrected chi connectivity index (χ4v) is 3.09. The lowest BCUT2D eigenvalue weighted by molar-refractivity contribution is -0.123. The number of nitrogens with one attached hydrogen (secondary N) is 1. The van der Waals surface area contributed by atoms with Crippen LogP contribution in [0.25, 0.3) is 10.9 Å². The first-order chi connectivity index (χ1) is 12.6. The molecular weight excluding hydrogens is 330 g/mol. The van der Waals surface area contributed by atoms with Gasteiger partial charge >= 0.3 is 0 Å². The summed E-state index contributed by atoms with van der Waals surface area (Å²) in [7, 11) is 0. The summed E-state index contributed by atoms with van der Waals surface area (Å²) >= 11 is 0. The third-order valence-electron chi connectivity index (χ3n) is 4.34. The zero-order valence-electron chi connectivity index (χ0n) is 14.2. The lowest BCUT2D eigenvalue weighted by atomic mass is 10.1. The number of anilines is 2. The van der Waals surface area contributed by atoms with Crippen molar-refractivity contribution in [1.82, 2.24) is 4.98 Å². The van der Waals surface area contributed by atoms with Crippen molar-refractivity contribution in [2.75, 3.05) is 16.8 Å². The standard InChI is InChI=1S/C20H17N3O3/c1-13(24)23-12-18(26-17-10-3-2-9-16(17)23)20(25)22-15-8-4-6-14-7-5-11-21-19(14)15/h2-11,18H,12H2,1H3,(H,22,25). The Balaban J connectivity index is 1.62. The minimum absolute atomic E-state index is 0.134. The molecule has 0 spiro atoms. The second-order valence-electron chi connectivity index (χ2n) is 6.07. The van der Waals surface area contributed by atoms with Gasteiger partial charge in [0.25, 0.3) is 5.91 Å². The van der Waals surface area contributed by atoms with Crippen LogP contribution in [-0.4, -0.2) is 29.4 Å². The number of carbonyl (C=O) groups is 2. The van der Waals surface area contributed by atoms with E-state index in [9.17, 15) is 9.59 Å². The van der Waals surface area contributed by atoms with Gasteiger partial charge < -0.3 is 15.0 Å². The monoisotopic (exact) mass is 347 g/mol. The molecule has 1 aromatic heterocycles. The van der Waals surface area contributed by atoms with Gasteiger partial charge in [-0.2, -0.15) is 0 Å². The van der Waals surface area contributed by atoms with E-state index in [0.717, 1.165) is 5.39 Å². The van der Waals surface area contributed by atoms with Crippen LogP contribution in [0.15, 0.2) is 60.8 Å². The second kappa shape index (κ2) is 6.48. The van der Waals surface area contributed by atoms with Crippen LogP contribution in [0.2, 0.25) is 0 Å². The Labute approximate surface area is 150 Å². The Morgan fingerprint density at radius 1 is 1.12 bits per heavy atom. The average Bonchev–Trinajstić information content (AvgIpc) is 2.67. The molecule has 6 heteroatoms. The Morgan fingerprint density at radius 3 is 2.77 bits per heavy atom. The molecule has 1 atom stereocenters. The summed E-state index contributed by atoms with van der Waals surface area (Å²) in [6.45, 7) is 1.64. The summed E-state index contributed by atoms with van der Waals surface area (Å²) in [6, 6.07) is 16.6. The first-order valence-electron chi connectivity index (χ1n) is 8.32. The molecule has 1 N–H and O–H groups in total. The summed E-state index contributed by atoms with van der Waals surface area (Å²) in [5.74, 6) is 0.0689. The number of pyridine rings is 1. The van der Waals surface area contributed by atoms with Crippen LogP contribution in [0, 0.1) is 0 Å². The lowest BCUT2D eigenvalue weighted by Gasteiger charge is -2.33. The van der Waals surface area contributed by atoms with Gasteiger partial charge in [-0.1, -0.05) is 30.3 Å². The lowest BCUT2D eigenvalue weighted by Crippen LogP contribution is -2.48. The zero-order valence-corrected chi connectivity index (χ0v) is 14.2. The molecule has 2 aromatic carbocycles. The van der Waals surface area contributed by atoms with Gasteiger partial charge in [-0.15, -0.1) is 0 Å². The van der Waals surface area contributed by atoms with Gasteiger partial charge in [0, 0.05) is 18.5 Å². The summed E-state index contributed by atoms with van der Waals surface area (Å²) < 4.78 is 5.83. The molecule has 0 aliphatic carbocycles. The summed E-state index contributed by atoms with van der Waals surface area (Å²) in [6.07, 6.45) is 0.885. The van der Waals surface area contributed by atoms with Crippen LogP contribution in [0.1, 0.15) is 6.92 Å². The van der Waals surface area contributed by atoms with E-state index in [-0.39, 0.29) is 18.4 Å². The highest BCUT2D eigenvalue weighted by molar-refractivity contribution is 6.03. The van der Waals surface area contributed by atoms with E-state index in [2.05, 4.69) is 10.3 Å². The fourth-order valence-electron chi connectivity index (χ4n) is 3.09. The van der Waals surface area contributed by atoms with Crippen LogP contribution < -0.4 is 15.0 Å². The number of aromatic nitrogens is 1.